The highest BCUT2D eigenvalue weighted by Gasteiger charge is 2.08. The van der Waals surface area contributed by atoms with Crippen LogP contribution in [0.25, 0.3) is 5.69 Å². The van der Waals surface area contributed by atoms with Crippen molar-refractivity contribution in [3.63, 3.8) is 0 Å². The van der Waals surface area contributed by atoms with Crippen LogP contribution in [-0.2, 0) is 17.6 Å². The highest BCUT2D eigenvalue weighted by Crippen LogP contribution is 2.17. The van der Waals surface area contributed by atoms with Gasteiger partial charge in [0.05, 0.1) is 17.8 Å². The lowest BCUT2D eigenvalue weighted by molar-refractivity contribution is -0.117. The van der Waals surface area contributed by atoms with Crippen molar-refractivity contribution in [3.05, 3.63) is 41.6 Å². The maximum Gasteiger partial charge on any atom is 0.221 e. The predicted molar refractivity (Wildman–Crippen MR) is 79.5 cm³/mol. The first kappa shape index (κ1) is 14.1. The van der Waals surface area contributed by atoms with Crippen LogP contribution >= 0.6 is 0 Å². The van der Waals surface area contributed by atoms with E-state index in [2.05, 4.69) is 12.0 Å². The lowest BCUT2D eigenvalue weighted by Gasteiger charge is -2.06. The van der Waals surface area contributed by atoms with Crippen LogP contribution in [0.5, 0.6) is 0 Å². The first-order chi connectivity index (χ1) is 9.60. The summed E-state index contributed by atoms with van der Waals surface area (Å²) in [6.07, 6.45) is 3.37. The number of aromatic nitrogens is 2. The molecule has 2 rings (SSSR count). The molecule has 1 aromatic carbocycles. The fourth-order valence-corrected chi connectivity index (χ4v) is 2.13. The van der Waals surface area contributed by atoms with Gasteiger partial charge < -0.3 is 11.5 Å². The Hall–Kier alpha value is -2.30. The lowest BCUT2D eigenvalue weighted by atomic mass is 10.1. The highest BCUT2D eigenvalue weighted by atomic mass is 16.1. The number of hydrogen-bond donors (Lipinski definition) is 2. The molecule has 1 amide bonds. The molecule has 5 nitrogen and oxygen atoms in total. The number of benzene rings is 1. The van der Waals surface area contributed by atoms with Gasteiger partial charge in [0.25, 0.3) is 0 Å². The molecule has 20 heavy (non-hydrogen) atoms. The van der Waals surface area contributed by atoms with E-state index in [0.29, 0.717) is 5.82 Å². The van der Waals surface area contributed by atoms with Gasteiger partial charge >= 0.3 is 0 Å². The molecule has 106 valence electrons. The average molecular weight is 272 g/mol. The summed E-state index contributed by atoms with van der Waals surface area (Å²) < 4.78 is 1.70. The second-order valence-electron chi connectivity index (χ2n) is 4.89. The molecule has 1 aromatic heterocycles. The third-order valence-corrected chi connectivity index (χ3v) is 3.11. The summed E-state index contributed by atoms with van der Waals surface area (Å²) in [7, 11) is 0. The fourth-order valence-electron chi connectivity index (χ4n) is 2.13. The average Bonchev–Trinajstić information content (AvgIpc) is 2.77. The van der Waals surface area contributed by atoms with E-state index in [1.807, 2.05) is 30.3 Å². The van der Waals surface area contributed by atoms with E-state index in [1.54, 1.807) is 4.68 Å². The number of amides is 1. The molecule has 0 fully saturated rings. The van der Waals surface area contributed by atoms with Crippen molar-refractivity contribution >= 4 is 11.7 Å². The van der Waals surface area contributed by atoms with E-state index in [9.17, 15) is 4.79 Å². The van der Waals surface area contributed by atoms with Gasteiger partial charge in [0.15, 0.2) is 0 Å². The number of rotatable bonds is 6. The summed E-state index contributed by atoms with van der Waals surface area (Å²) in [5, 5.41) is 4.51. The van der Waals surface area contributed by atoms with Crippen LogP contribution < -0.4 is 11.5 Å². The van der Waals surface area contributed by atoms with Crippen molar-refractivity contribution in [2.45, 2.75) is 32.6 Å². The molecule has 0 atom stereocenters. The summed E-state index contributed by atoms with van der Waals surface area (Å²) >= 11 is 0. The molecule has 0 aliphatic heterocycles. The molecule has 5 heteroatoms. The molecule has 0 saturated heterocycles. The van der Waals surface area contributed by atoms with Crippen LogP contribution in [-0.4, -0.2) is 15.7 Å². The molecule has 0 bridgehead atoms. The lowest BCUT2D eigenvalue weighted by Crippen LogP contribution is -2.14. The smallest absolute Gasteiger partial charge is 0.221 e. The Kier molecular flexibility index (Phi) is 4.40. The molecule has 1 heterocycles. The van der Waals surface area contributed by atoms with Gasteiger partial charge in [-0.2, -0.15) is 5.10 Å². The molecule has 0 unspecified atom stereocenters. The minimum Gasteiger partial charge on any atom is -0.384 e. The van der Waals surface area contributed by atoms with E-state index in [-0.39, 0.29) is 12.3 Å². The van der Waals surface area contributed by atoms with Crippen molar-refractivity contribution in [2.75, 3.05) is 5.73 Å². The van der Waals surface area contributed by atoms with Gasteiger partial charge in [0, 0.05) is 6.07 Å². The normalized spacial score (nSPS) is 10.7. The van der Waals surface area contributed by atoms with E-state index < -0.39 is 0 Å². The van der Waals surface area contributed by atoms with Crippen molar-refractivity contribution < 1.29 is 4.79 Å². The second kappa shape index (κ2) is 6.23. The van der Waals surface area contributed by atoms with Crippen molar-refractivity contribution in [1.29, 1.82) is 0 Å². The number of carbonyl (C=O) groups excluding carboxylic acids is 1. The standard InChI is InChI=1S/C15H20N4O/c1-2-3-6-12-10-14(16)19(18-12)13-7-4-5-11(8-13)9-15(17)20/h4-5,7-8,10H,2-3,6,9,16H2,1H3,(H2,17,20). The maximum absolute atomic E-state index is 11.0. The number of nitrogens with two attached hydrogens (primary N) is 2. The zero-order chi connectivity index (χ0) is 14.5. The number of aryl methyl sites for hydroxylation is 1. The van der Waals surface area contributed by atoms with Gasteiger partial charge in [0.2, 0.25) is 5.91 Å². The molecule has 0 spiro atoms. The summed E-state index contributed by atoms with van der Waals surface area (Å²) in [4.78, 5) is 11.0. The van der Waals surface area contributed by atoms with E-state index >= 15 is 0 Å². The second-order valence-corrected chi connectivity index (χ2v) is 4.89. The number of carbonyl (C=O) groups is 1. The van der Waals surface area contributed by atoms with Crippen molar-refractivity contribution in [1.82, 2.24) is 9.78 Å². The first-order valence-corrected chi connectivity index (χ1v) is 6.82. The summed E-state index contributed by atoms with van der Waals surface area (Å²) in [6.45, 7) is 2.15. The predicted octanol–water partition coefficient (Wildman–Crippen LogP) is 1.82. The molecule has 2 aromatic rings. The molecular formula is C15H20N4O. The SMILES string of the molecule is CCCCc1cc(N)n(-c2cccc(CC(N)=O)c2)n1. The number of nitrogens with zero attached hydrogens (tertiary/aromatic N) is 2. The zero-order valence-electron chi connectivity index (χ0n) is 11.7. The maximum atomic E-state index is 11.0. The molecule has 0 saturated carbocycles. The molecule has 4 N–H and O–H groups in total. The Morgan fingerprint density at radius 3 is 2.85 bits per heavy atom. The number of nitrogen functional groups attached to an aromatic ring is 1. The van der Waals surface area contributed by atoms with E-state index in [0.717, 1.165) is 36.2 Å². The number of hydrogen-bond acceptors (Lipinski definition) is 3. The minimum absolute atomic E-state index is 0.220. The highest BCUT2D eigenvalue weighted by molar-refractivity contribution is 5.76. The van der Waals surface area contributed by atoms with Crippen LogP contribution in [0.3, 0.4) is 0 Å². The van der Waals surface area contributed by atoms with Crippen LogP contribution in [0.2, 0.25) is 0 Å². The quantitative estimate of drug-likeness (QED) is 0.841. The molecule has 0 aliphatic rings. The topological polar surface area (TPSA) is 86.9 Å². The third kappa shape index (κ3) is 3.38. The number of primary amides is 1. The Bertz CT molecular complexity index is 604. The Balaban J connectivity index is 2.26. The zero-order valence-corrected chi connectivity index (χ0v) is 11.7. The van der Waals surface area contributed by atoms with Crippen LogP contribution in [0.15, 0.2) is 30.3 Å². The Labute approximate surface area is 118 Å². The molecule has 0 aliphatic carbocycles. The summed E-state index contributed by atoms with van der Waals surface area (Å²) in [6, 6.07) is 9.44. The summed E-state index contributed by atoms with van der Waals surface area (Å²) in [5.41, 5.74) is 13.9. The fraction of sp³-hybridized carbons (Fsp3) is 0.333. The van der Waals surface area contributed by atoms with E-state index in [4.69, 9.17) is 11.5 Å². The Morgan fingerprint density at radius 2 is 2.15 bits per heavy atom. The molecular weight excluding hydrogens is 252 g/mol. The van der Waals surface area contributed by atoms with Crippen molar-refractivity contribution in [3.8, 4) is 5.69 Å². The Morgan fingerprint density at radius 1 is 1.35 bits per heavy atom. The summed E-state index contributed by atoms with van der Waals surface area (Å²) in [5.74, 6) is 0.256. The van der Waals surface area contributed by atoms with Gasteiger partial charge in [-0.25, -0.2) is 4.68 Å². The van der Waals surface area contributed by atoms with Crippen LogP contribution in [0.1, 0.15) is 31.0 Å². The van der Waals surface area contributed by atoms with Crippen LogP contribution in [0, 0.1) is 0 Å². The number of anilines is 1. The van der Waals surface area contributed by atoms with Gasteiger partial charge in [-0.1, -0.05) is 25.5 Å². The van der Waals surface area contributed by atoms with Gasteiger partial charge in [-0.15, -0.1) is 0 Å². The minimum atomic E-state index is -0.348. The first-order valence-electron chi connectivity index (χ1n) is 6.82. The largest absolute Gasteiger partial charge is 0.384 e. The van der Waals surface area contributed by atoms with Crippen molar-refractivity contribution in [2.24, 2.45) is 5.73 Å². The van der Waals surface area contributed by atoms with Gasteiger partial charge in [-0.3, -0.25) is 4.79 Å². The third-order valence-electron chi connectivity index (χ3n) is 3.11. The van der Waals surface area contributed by atoms with Crippen LogP contribution in [0.4, 0.5) is 5.82 Å². The number of unbranched alkanes of at least 4 members (excludes halogenated alkanes) is 1. The molecule has 0 radical (unpaired) electrons. The van der Waals surface area contributed by atoms with E-state index in [1.165, 1.54) is 0 Å². The monoisotopic (exact) mass is 272 g/mol. The van der Waals surface area contributed by atoms with Gasteiger partial charge in [-0.05, 0) is 30.5 Å². The van der Waals surface area contributed by atoms with Gasteiger partial charge in [0.1, 0.15) is 5.82 Å².